The minimum atomic E-state index is -0.484. The molecule has 6 nitrogen and oxygen atoms in total. The lowest BCUT2D eigenvalue weighted by molar-refractivity contribution is -0.115. The molecule has 1 heterocycles. The van der Waals surface area contributed by atoms with Crippen LogP contribution in [0.15, 0.2) is 47.8 Å². The highest BCUT2D eigenvalue weighted by Gasteiger charge is 2.24. The van der Waals surface area contributed by atoms with Gasteiger partial charge in [-0.15, -0.1) is 11.3 Å². The lowest BCUT2D eigenvalue weighted by Gasteiger charge is -2.12. The minimum Gasteiger partial charge on any atom is -0.497 e. The van der Waals surface area contributed by atoms with Gasteiger partial charge in [0, 0.05) is 16.5 Å². The molecule has 0 bridgehead atoms. The van der Waals surface area contributed by atoms with Crippen molar-refractivity contribution in [2.24, 2.45) is 0 Å². The van der Waals surface area contributed by atoms with Crippen LogP contribution < -0.4 is 14.8 Å². The number of hydrogen-bond acceptors (Lipinski definition) is 6. The van der Waals surface area contributed by atoms with E-state index in [2.05, 4.69) is 5.32 Å². The van der Waals surface area contributed by atoms with Gasteiger partial charge in [0.05, 0.1) is 27.2 Å². The Bertz CT molecular complexity index is 1070. The maximum Gasteiger partial charge on any atom is 0.341 e. The number of ether oxygens (including phenoxy) is 3. The summed E-state index contributed by atoms with van der Waals surface area (Å²) < 4.78 is 15.9. The molecule has 31 heavy (non-hydrogen) atoms. The Morgan fingerprint density at radius 2 is 1.74 bits per heavy atom. The molecular formula is C24H25NO5S. The molecule has 0 spiro atoms. The van der Waals surface area contributed by atoms with Gasteiger partial charge in [-0.3, -0.25) is 4.79 Å². The molecule has 1 amide bonds. The maximum atomic E-state index is 12.8. The number of carbonyl (C=O) groups is 2. The first-order valence-electron chi connectivity index (χ1n) is 9.83. The van der Waals surface area contributed by atoms with Crippen molar-refractivity contribution in [1.29, 1.82) is 0 Å². The van der Waals surface area contributed by atoms with E-state index in [1.165, 1.54) is 11.3 Å². The molecule has 0 fully saturated rings. The van der Waals surface area contributed by atoms with Gasteiger partial charge >= 0.3 is 5.97 Å². The predicted molar refractivity (Wildman–Crippen MR) is 122 cm³/mol. The van der Waals surface area contributed by atoms with Crippen LogP contribution in [0.2, 0.25) is 0 Å². The number of carbonyl (C=O) groups excluding carboxylic acids is 2. The van der Waals surface area contributed by atoms with Crippen LogP contribution in [0.25, 0.3) is 11.1 Å². The molecule has 0 aliphatic carbocycles. The van der Waals surface area contributed by atoms with Crippen LogP contribution in [0.4, 0.5) is 5.00 Å². The first kappa shape index (κ1) is 22.4. The zero-order chi connectivity index (χ0) is 22.4. The van der Waals surface area contributed by atoms with Gasteiger partial charge in [-0.05, 0) is 43.7 Å². The number of rotatable bonds is 8. The second kappa shape index (κ2) is 10.1. The summed E-state index contributed by atoms with van der Waals surface area (Å²) in [5.41, 5.74) is 3.65. The van der Waals surface area contributed by atoms with Crippen molar-refractivity contribution in [3.63, 3.8) is 0 Å². The van der Waals surface area contributed by atoms with E-state index < -0.39 is 5.97 Å². The third-order valence-corrected chi connectivity index (χ3v) is 5.59. The number of amides is 1. The van der Waals surface area contributed by atoms with Gasteiger partial charge in [0.25, 0.3) is 0 Å². The van der Waals surface area contributed by atoms with Gasteiger partial charge in [0.15, 0.2) is 0 Å². The van der Waals surface area contributed by atoms with E-state index in [9.17, 15) is 9.59 Å². The molecule has 0 atom stereocenters. The fourth-order valence-corrected chi connectivity index (χ4v) is 4.15. The number of aryl methyl sites for hydroxylation is 1. The number of methoxy groups -OCH3 is 2. The third kappa shape index (κ3) is 5.24. The van der Waals surface area contributed by atoms with Crippen molar-refractivity contribution >= 4 is 28.2 Å². The average Bonchev–Trinajstić information content (AvgIpc) is 3.17. The quantitative estimate of drug-likeness (QED) is 0.495. The number of nitrogens with one attached hydrogen (secondary N) is 1. The van der Waals surface area contributed by atoms with Crippen LogP contribution >= 0.6 is 11.3 Å². The Morgan fingerprint density at radius 3 is 2.39 bits per heavy atom. The van der Waals surface area contributed by atoms with Crippen LogP contribution in [0.3, 0.4) is 0 Å². The monoisotopic (exact) mass is 439 g/mol. The topological polar surface area (TPSA) is 73.9 Å². The van der Waals surface area contributed by atoms with Crippen LogP contribution in [0, 0.1) is 6.92 Å². The van der Waals surface area contributed by atoms with Gasteiger partial charge in [-0.2, -0.15) is 0 Å². The van der Waals surface area contributed by atoms with E-state index in [0.29, 0.717) is 21.9 Å². The summed E-state index contributed by atoms with van der Waals surface area (Å²) in [5, 5.41) is 5.17. The SMILES string of the molecule is CCOC(=O)c1c(-c2cc(C)ccc2OC)csc1NC(=O)Cc1ccc(OC)cc1. The second-order valence-corrected chi connectivity index (χ2v) is 7.73. The molecule has 1 aromatic heterocycles. The lowest BCUT2D eigenvalue weighted by Crippen LogP contribution is -2.16. The molecule has 3 rings (SSSR count). The Kier molecular flexibility index (Phi) is 7.31. The Hall–Kier alpha value is -3.32. The Morgan fingerprint density at radius 1 is 1.00 bits per heavy atom. The lowest BCUT2D eigenvalue weighted by atomic mass is 10.0. The van der Waals surface area contributed by atoms with E-state index >= 15 is 0 Å². The molecule has 1 N–H and O–H groups in total. The third-order valence-electron chi connectivity index (χ3n) is 4.69. The normalized spacial score (nSPS) is 10.5. The van der Waals surface area contributed by atoms with Crippen LogP contribution in [0.5, 0.6) is 11.5 Å². The Labute approximate surface area is 185 Å². The van der Waals surface area contributed by atoms with Gasteiger partial charge in [0.2, 0.25) is 5.91 Å². The summed E-state index contributed by atoms with van der Waals surface area (Å²) in [6.45, 7) is 3.95. The van der Waals surface area contributed by atoms with E-state index in [-0.39, 0.29) is 18.9 Å². The minimum absolute atomic E-state index is 0.174. The maximum absolute atomic E-state index is 12.8. The summed E-state index contributed by atoms with van der Waals surface area (Å²) >= 11 is 1.29. The van der Waals surface area contributed by atoms with E-state index in [1.54, 1.807) is 33.3 Å². The molecule has 0 saturated heterocycles. The molecule has 7 heteroatoms. The molecule has 0 radical (unpaired) electrons. The zero-order valence-corrected chi connectivity index (χ0v) is 18.8. The van der Waals surface area contributed by atoms with Crippen LogP contribution in [0.1, 0.15) is 28.4 Å². The van der Waals surface area contributed by atoms with Crippen molar-refractivity contribution in [2.45, 2.75) is 20.3 Å². The number of hydrogen-bond donors (Lipinski definition) is 1. The highest BCUT2D eigenvalue weighted by Crippen LogP contribution is 2.40. The van der Waals surface area contributed by atoms with Crippen molar-refractivity contribution in [3.05, 3.63) is 64.5 Å². The summed E-state index contributed by atoms with van der Waals surface area (Å²) in [5.74, 6) is 0.663. The van der Waals surface area contributed by atoms with Crippen molar-refractivity contribution in [1.82, 2.24) is 0 Å². The standard InChI is InChI=1S/C24H25NO5S/c1-5-30-24(27)22-19(18-12-15(2)6-11-20(18)29-4)14-31-23(22)25-21(26)13-16-7-9-17(28-3)10-8-16/h6-12,14H,5,13H2,1-4H3,(H,25,26). The summed E-state index contributed by atoms with van der Waals surface area (Å²) in [6, 6.07) is 13.0. The largest absolute Gasteiger partial charge is 0.497 e. The second-order valence-electron chi connectivity index (χ2n) is 6.85. The Balaban J connectivity index is 1.92. The summed E-state index contributed by atoms with van der Waals surface area (Å²) in [7, 11) is 3.18. The summed E-state index contributed by atoms with van der Waals surface area (Å²) in [6.07, 6.45) is 0.174. The molecule has 0 unspecified atom stereocenters. The van der Waals surface area contributed by atoms with Gasteiger partial charge < -0.3 is 19.5 Å². The molecule has 162 valence electrons. The molecule has 3 aromatic rings. The molecule has 0 saturated carbocycles. The zero-order valence-electron chi connectivity index (χ0n) is 18.0. The smallest absolute Gasteiger partial charge is 0.341 e. The number of benzene rings is 2. The fourth-order valence-electron chi connectivity index (χ4n) is 3.19. The first-order valence-corrected chi connectivity index (χ1v) is 10.7. The average molecular weight is 440 g/mol. The number of esters is 1. The molecule has 0 aliphatic heterocycles. The van der Waals surface area contributed by atoms with E-state index in [4.69, 9.17) is 14.2 Å². The van der Waals surface area contributed by atoms with Gasteiger partial charge in [0.1, 0.15) is 22.1 Å². The van der Waals surface area contributed by atoms with Gasteiger partial charge in [-0.25, -0.2) is 4.79 Å². The van der Waals surface area contributed by atoms with Crippen molar-refractivity contribution in [3.8, 4) is 22.6 Å². The molecular weight excluding hydrogens is 414 g/mol. The highest BCUT2D eigenvalue weighted by atomic mass is 32.1. The van der Waals surface area contributed by atoms with Crippen LogP contribution in [-0.2, 0) is 16.0 Å². The molecule has 2 aromatic carbocycles. The fraction of sp³-hybridized carbons (Fsp3) is 0.250. The van der Waals surface area contributed by atoms with Crippen molar-refractivity contribution < 1.29 is 23.8 Å². The number of anilines is 1. The summed E-state index contributed by atoms with van der Waals surface area (Å²) in [4.78, 5) is 25.5. The molecule has 0 aliphatic rings. The number of thiophene rings is 1. The van der Waals surface area contributed by atoms with Crippen LogP contribution in [-0.4, -0.2) is 32.7 Å². The van der Waals surface area contributed by atoms with E-state index in [1.807, 2.05) is 42.6 Å². The van der Waals surface area contributed by atoms with E-state index in [0.717, 1.165) is 22.4 Å². The predicted octanol–water partition coefficient (Wildman–Crippen LogP) is 5.10. The van der Waals surface area contributed by atoms with Crippen molar-refractivity contribution in [2.75, 3.05) is 26.1 Å². The van der Waals surface area contributed by atoms with Gasteiger partial charge in [-0.1, -0.05) is 23.8 Å². The first-order chi connectivity index (χ1) is 15.0. The highest BCUT2D eigenvalue weighted by molar-refractivity contribution is 7.15.